The van der Waals surface area contributed by atoms with Gasteiger partial charge in [0, 0.05) is 43.6 Å². The summed E-state index contributed by atoms with van der Waals surface area (Å²) in [7, 11) is 0. The summed E-state index contributed by atoms with van der Waals surface area (Å²) in [5.74, 6) is 0.697. The molecule has 0 saturated carbocycles. The number of ketones is 1. The molecule has 2 aromatic carbocycles. The molecule has 0 bridgehead atoms. The summed E-state index contributed by atoms with van der Waals surface area (Å²) in [4.78, 5) is 39.7. The number of carbonyl (C=O) groups excluding carboxylic acids is 3. The Morgan fingerprint density at radius 2 is 1.72 bits per heavy atom. The van der Waals surface area contributed by atoms with Crippen molar-refractivity contribution in [2.24, 2.45) is 5.92 Å². The second kappa shape index (κ2) is 10.3. The Balaban J connectivity index is 1.29. The van der Waals surface area contributed by atoms with Crippen LogP contribution in [0.1, 0.15) is 42.5 Å². The van der Waals surface area contributed by atoms with Gasteiger partial charge in [-0.3, -0.25) is 14.4 Å². The van der Waals surface area contributed by atoms with E-state index in [1.807, 2.05) is 30.3 Å². The number of para-hydroxylation sites is 1. The molecule has 7 nitrogen and oxygen atoms in total. The van der Waals surface area contributed by atoms with Gasteiger partial charge in [0.15, 0.2) is 17.3 Å². The molecule has 2 aromatic rings. The zero-order chi connectivity index (χ0) is 22.3. The van der Waals surface area contributed by atoms with Crippen LogP contribution < -0.4 is 14.8 Å². The van der Waals surface area contributed by atoms with Crippen molar-refractivity contribution in [1.29, 1.82) is 0 Å². The van der Waals surface area contributed by atoms with Crippen LogP contribution in [0.3, 0.4) is 0 Å². The number of carbonyl (C=O) groups is 3. The average Bonchev–Trinajstić information content (AvgIpc) is 3.08. The van der Waals surface area contributed by atoms with Crippen LogP contribution in [0.2, 0.25) is 0 Å². The summed E-state index contributed by atoms with van der Waals surface area (Å²) in [6, 6.07) is 14.5. The summed E-state index contributed by atoms with van der Waals surface area (Å²) in [6.07, 6.45) is 2.57. The molecule has 2 heterocycles. The normalized spacial score (nSPS) is 17.9. The number of hydrogen-bond acceptors (Lipinski definition) is 5. The Morgan fingerprint density at radius 3 is 2.53 bits per heavy atom. The van der Waals surface area contributed by atoms with Gasteiger partial charge in [0.1, 0.15) is 0 Å². The molecule has 1 unspecified atom stereocenters. The van der Waals surface area contributed by atoms with Gasteiger partial charge < -0.3 is 19.7 Å². The van der Waals surface area contributed by atoms with E-state index in [1.54, 1.807) is 23.1 Å². The van der Waals surface area contributed by atoms with E-state index in [4.69, 9.17) is 9.47 Å². The number of nitrogens with zero attached hydrogens (tertiary/aromatic N) is 1. The van der Waals surface area contributed by atoms with E-state index in [0.29, 0.717) is 43.4 Å². The summed E-state index contributed by atoms with van der Waals surface area (Å²) < 4.78 is 11.2. The summed E-state index contributed by atoms with van der Waals surface area (Å²) in [6.45, 7) is 2.15. The fraction of sp³-hybridized carbons (Fsp3) is 0.400. The number of benzene rings is 2. The van der Waals surface area contributed by atoms with Gasteiger partial charge in [-0.05, 0) is 43.2 Å². The second-order valence-electron chi connectivity index (χ2n) is 8.17. The van der Waals surface area contributed by atoms with Gasteiger partial charge in [0.25, 0.3) is 0 Å². The molecule has 32 heavy (non-hydrogen) atoms. The quantitative estimate of drug-likeness (QED) is 0.698. The fourth-order valence-corrected chi connectivity index (χ4v) is 4.04. The molecule has 0 spiro atoms. The largest absolute Gasteiger partial charge is 0.490 e. The third kappa shape index (κ3) is 5.46. The first-order chi connectivity index (χ1) is 15.6. The second-order valence-corrected chi connectivity index (χ2v) is 8.17. The number of piperidine rings is 1. The van der Waals surface area contributed by atoms with Gasteiger partial charge in [-0.15, -0.1) is 0 Å². The van der Waals surface area contributed by atoms with Crippen molar-refractivity contribution in [2.75, 3.05) is 31.6 Å². The number of anilines is 1. The molecule has 168 valence electrons. The van der Waals surface area contributed by atoms with Gasteiger partial charge in [0.2, 0.25) is 11.8 Å². The number of ether oxygens (including phenoxy) is 2. The number of rotatable bonds is 6. The smallest absolute Gasteiger partial charge is 0.229 e. The Labute approximate surface area is 187 Å². The van der Waals surface area contributed by atoms with Crippen LogP contribution in [0.4, 0.5) is 5.69 Å². The van der Waals surface area contributed by atoms with Crippen molar-refractivity contribution < 1.29 is 23.9 Å². The lowest BCUT2D eigenvalue weighted by atomic mass is 9.96. The number of Topliss-reactive ketones (excluding diaryl/α,β-unsaturated/α-hetero) is 1. The maximum Gasteiger partial charge on any atom is 0.229 e. The van der Waals surface area contributed by atoms with Gasteiger partial charge in [-0.2, -0.15) is 0 Å². The molecule has 1 saturated heterocycles. The van der Waals surface area contributed by atoms with E-state index in [2.05, 4.69) is 5.32 Å². The monoisotopic (exact) mass is 436 g/mol. The van der Waals surface area contributed by atoms with Crippen LogP contribution in [0.25, 0.3) is 0 Å². The topological polar surface area (TPSA) is 84.9 Å². The van der Waals surface area contributed by atoms with E-state index in [9.17, 15) is 14.4 Å². The van der Waals surface area contributed by atoms with Crippen molar-refractivity contribution in [2.45, 2.75) is 32.1 Å². The standard InChI is InChI=1S/C25H28N2O5/c28-21(18-9-11-22-23(16-18)32-15-5-14-31-22)10-12-24(29)27-13-4-6-19(17-27)25(30)26-20-7-2-1-3-8-20/h1-3,7-9,11,16,19H,4-6,10,12-15,17H2,(H,26,30). The molecule has 0 aliphatic carbocycles. The molecule has 1 N–H and O–H groups in total. The number of nitrogens with one attached hydrogen (secondary N) is 1. The van der Waals surface area contributed by atoms with E-state index in [0.717, 1.165) is 24.9 Å². The first-order valence-electron chi connectivity index (χ1n) is 11.2. The Hall–Kier alpha value is -3.35. The van der Waals surface area contributed by atoms with Crippen LogP contribution in [0.15, 0.2) is 48.5 Å². The maximum atomic E-state index is 12.7. The zero-order valence-corrected chi connectivity index (χ0v) is 18.0. The highest BCUT2D eigenvalue weighted by molar-refractivity contribution is 5.98. The molecule has 0 aromatic heterocycles. The Kier molecular flexibility index (Phi) is 7.04. The van der Waals surface area contributed by atoms with Crippen LogP contribution in [0, 0.1) is 5.92 Å². The lowest BCUT2D eigenvalue weighted by molar-refractivity contribution is -0.134. The highest BCUT2D eigenvalue weighted by atomic mass is 16.5. The third-order valence-corrected chi connectivity index (χ3v) is 5.82. The molecule has 1 atom stereocenters. The van der Waals surface area contributed by atoms with Crippen molar-refractivity contribution in [1.82, 2.24) is 4.90 Å². The van der Waals surface area contributed by atoms with Crippen LogP contribution in [-0.2, 0) is 9.59 Å². The highest BCUT2D eigenvalue weighted by Crippen LogP contribution is 2.31. The minimum atomic E-state index is -0.245. The van der Waals surface area contributed by atoms with Crippen LogP contribution in [0.5, 0.6) is 11.5 Å². The van der Waals surface area contributed by atoms with Crippen LogP contribution in [-0.4, -0.2) is 48.8 Å². The molecule has 1 fully saturated rings. The summed E-state index contributed by atoms with van der Waals surface area (Å²) >= 11 is 0. The third-order valence-electron chi connectivity index (χ3n) is 5.82. The first-order valence-corrected chi connectivity index (χ1v) is 11.2. The average molecular weight is 437 g/mol. The SMILES string of the molecule is O=C(CCC(=O)N1CCCC(C(=O)Nc2ccccc2)C1)c1ccc2c(c1)OCCCO2. The van der Waals surface area contributed by atoms with E-state index in [-0.39, 0.29) is 36.4 Å². The van der Waals surface area contributed by atoms with Gasteiger partial charge >= 0.3 is 0 Å². The highest BCUT2D eigenvalue weighted by Gasteiger charge is 2.28. The zero-order valence-electron chi connectivity index (χ0n) is 18.0. The Morgan fingerprint density at radius 1 is 0.938 bits per heavy atom. The number of fused-ring (bicyclic) bond motifs is 1. The predicted octanol–water partition coefficient (Wildman–Crippen LogP) is 3.69. The molecular formula is C25H28N2O5. The maximum absolute atomic E-state index is 12.7. The Bertz CT molecular complexity index is 976. The summed E-state index contributed by atoms with van der Waals surface area (Å²) in [5, 5.41) is 2.92. The van der Waals surface area contributed by atoms with E-state index >= 15 is 0 Å². The van der Waals surface area contributed by atoms with Crippen LogP contribution >= 0.6 is 0 Å². The molecule has 4 rings (SSSR count). The number of amides is 2. The van der Waals surface area contributed by atoms with Crippen molar-refractivity contribution >= 4 is 23.3 Å². The molecule has 2 aliphatic rings. The molecule has 7 heteroatoms. The minimum absolute atomic E-state index is 0.0722. The van der Waals surface area contributed by atoms with Gasteiger partial charge in [-0.1, -0.05) is 18.2 Å². The lowest BCUT2D eigenvalue weighted by Crippen LogP contribution is -2.43. The molecule has 2 amide bonds. The van der Waals surface area contributed by atoms with E-state index < -0.39 is 0 Å². The van der Waals surface area contributed by atoms with Crippen molar-refractivity contribution in [3.63, 3.8) is 0 Å². The lowest BCUT2D eigenvalue weighted by Gasteiger charge is -2.32. The van der Waals surface area contributed by atoms with Gasteiger partial charge in [-0.25, -0.2) is 0 Å². The first kappa shape index (κ1) is 21.9. The summed E-state index contributed by atoms with van der Waals surface area (Å²) in [5.41, 5.74) is 1.27. The van der Waals surface area contributed by atoms with Crippen molar-refractivity contribution in [3.05, 3.63) is 54.1 Å². The van der Waals surface area contributed by atoms with E-state index in [1.165, 1.54) is 0 Å². The number of hydrogen-bond donors (Lipinski definition) is 1. The number of likely N-dealkylation sites (tertiary alicyclic amines) is 1. The minimum Gasteiger partial charge on any atom is -0.490 e. The fourth-order valence-electron chi connectivity index (χ4n) is 4.04. The molecule has 0 radical (unpaired) electrons. The molecule has 2 aliphatic heterocycles. The molecular weight excluding hydrogens is 408 g/mol. The van der Waals surface area contributed by atoms with Crippen molar-refractivity contribution in [3.8, 4) is 11.5 Å². The van der Waals surface area contributed by atoms with Gasteiger partial charge in [0.05, 0.1) is 19.1 Å². The predicted molar refractivity (Wildman–Crippen MR) is 120 cm³/mol.